The highest BCUT2D eigenvalue weighted by molar-refractivity contribution is 6.44. The van der Waals surface area contributed by atoms with Crippen LogP contribution < -0.4 is 0 Å². The zero-order chi connectivity index (χ0) is 14.0. The highest BCUT2D eigenvalue weighted by atomic mass is 35.5. The molecule has 1 aromatic carbocycles. The number of nitriles is 1. The van der Waals surface area contributed by atoms with E-state index in [1.165, 1.54) is 6.07 Å². The van der Waals surface area contributed by atoms with Crippen molar-refractivity contribution in [1.82, 2.24) is 4.98 Å². The predicted molar refractivity (Wildman–Crippen MR) is 79.0 cm³/mol. The first-order valence-corrected chi connectivity index (χ1v) is 6.71. The standard InChI is InChI=1S/C13H6Cl4N2/c14-9-6-11(16)10(15)5-8(9)13-12(17)7(1-3-18)2-4-19-13/h2,4-6H,1H2. The Morgan fingerprint density at radius 1 is 1.05 bits per heavy atom. The van der Waals surface area contributed by atoms with Gasteiger partial charge in [0.2, 0.25) is 0 Å². The van der Waals surface area contributed by atoms with Gasteiger partial charge in [0, 0.05) is 11.8 Å². The molecule has 0 radical (unpaired) electrons. The maximum Gasteiger partial charge on any atom is 0.0906 e. The highest BCUT2D eigenvalue weighted by Crippen LogP contribution is 2.38. The number of hydrogen-bond donors (Lipinski definition) is 0. The second kappa shape index (κ2) is 5.98. The van der Waals surface area contributed by atoms with E-state index in [1.807, 2.05) is 6.07 Å². The van der Waals surface area contributed by atoms with Crippen molar-refractivity contribution in [3.05, 3.63) is 50.0 Å². The van der Waals surface area contributed by atoms with Crippen LogP contribution in [0.5, 0.6) is 0 Å². The summed E-state index contributed by atoms with van der Waals surface area (Å²) in [7, 11) is 0. The van der Waals surface area contributed by atoms with E-state index in [0.717, 1.165) is 0 Å². The van der Waals surface area contributed by atoms with Crippen LogP contribution in [-0.2, 0) is 6.42 Å². The van der Waals surface area contributed by atoms with Crippen LogP contribution in [-0.4, -0.2) is 4.98 Å². The van der Waals surface area contributed by atoms with Crippen LogP contribution in [0.3, 0.4) is 0 Å². The van der Waals surface area contributed by atoms with Crippen LogP contribution in [0.1, 0.15) is 5.56 Å². The normalized spacial score (nSPS) is 10.3. The smallest absolute Gasteiger partial charge is 0.0906 e. The van der Waals surface area contributed by atoms with Gasteiger partial charge in [-0.2, -0.15) is 5.26 Å². The van der Waals surface area contributed by atoms with E-state index in [4.69, 9.17) is 51.7 Å². The summed E-state index contributed by atoms with van der Waals surface area (Å²) < 4.78 is 0. The molecule has 0 aliphatic heterocycles. The third-order valence-electron chi connectivity index (χ3n) is 2.50. The molecule has 0 fully saturated rings. The van der Waals surface area contributed by atoms with Crippen molar-refractivity contribution in [2.45, 2.75) is 6.42 Å². The van der Waals surface area contributed by atoms with E-state index in [2.05, 4.69) is 4.98 Å². The van der Waals surface area contributed by atoms with Crippen molar-refractivity contribution in [3.63, 3.8) is 0 Å². The molecule has 2 nitrogen and oxygen atoms in total. The van der Waals surface area contributed by atoms with Gasteiger partial charge in [0.1, 0.15) is 0 Å². The third kappa shape index (κ3) is 2.96. The molecule has 1 heterocycles. The highest BCUT2D eigenvalue weighted by Gasteiger charge is 2.14. The molecule has 19 heavy (non-hydrogen) atoms. The zero-order valence-corrected chi connectivity index (χ0v) is 12.4. The number of nitrogens with zero attached hydrogens (tertiary/aromatic N) is 2. The van der Waals surface area contributed by atoms with Gasteiger partial charge in [-0.05, 0) is 23.8 Å². The number of halogens is 4. The summed E-state index contributed by atoms with van der Waals surface area (Å²) in [6.07, 6.45) is 1.78. The maximum absolute atomic E-state index is 8.75. The van der Waals surface area contributed by atoms with Crippen LogP contribution >= 0.6 is 46.4 Å². The average molecular weight is 332 g/mol. The molecule has 0 saturated heterocycles. The molecule has 96 valence electrons. The van der Waals surface area contributed by atoms with Gasteiger partial charge in [-0.15, -0.1) is 0 Å². The Labute approximate surface area is 130 Å². The number of rotatable bonds is 2. The number of benzene rings is 1. The summed E-state index contributed by atoms with van der Waals surface area (Å²) in [5, 5.41) is 10.3. The summed E-state index contributed by atoms with van der Waals surface area (Å²) in [6, 6.07) is 6.89. The summed E-state index contributed by atoms with van der Waals surface area (Å²) in [6.45, 7) is 0. The summed E-state index contributed by atoms with van der Waals surface area (Å²) in [5.41, 5.74) is 1.76. The van der Waals surface area contributed by atoms with Gasteiger partial charge in [-0.25, -0.2) is 0 Å². The van der Waals surface area contributed by atoms with Crippen molar-refractivity contribution in [2.75, 3.05) is 0 Å². The van der Waals surface area contributed by atoms with E-state index in [-0.39, 0.29) is 6.42 Å². The molecule has 0 spiro atoms. The van der Waals surface area contributed by atoms with Gasteiger partial charge in [0.15, 0.2) is 0 Å². The summed E-state index contributed by atoms with van der Waals surface area (Å²) in [5.74, 6) is 0. The molecule has 0 bridgehead atoms. The van der Waals surface area contributed by atoms with Crippen molar-refractivity contribution in [3.8, 4) is 17.3 Å². The second-order valence-corrected chi connectivity index (χ2v) is 5.31. The largest absolute Gasteiger partial charge is 0.255 e. The van der Waals surface area contributed by atoms with Crippen molar-refractivity contribution < 1.29 is 0 Å². The molecule has 0 N–H and O–H groups in total. The van der Waals surface area contributed by atoms with Crippen LogP contribution in [0, 0.1) is 11.3 Å². The lowest BCUT2D eigenvalue weighted by molar-refractivity contribution is 1.21. The molecule has 0 aliphatic carbocycles. The van der Waals surface area contributed by atoms with Gasteiger partial charge < -0.3 is 0 Å². The van der Waals surface area contributed by atoms with Crippen molar-refractivity contribution >= 4 is 46.4 Å². The number of hydrogen-bond acceptors (Lipinski definition) is 2. The molecular formula is C13H6Cl4N2. The second-order valence-electron chi connectivity index (χ2n) is 3.71. The number of pyridine rings is 1. The Morgan fingerprint density at radius 2 is 1.74 bits per heavy atom. The molecule has 2 aromatic rings. The third-order valence-corrected chi connectivity index (χ3v) is 3.96. The monoisotopic (exact) mass is 330 g/mol. The van der Waals surface area contributed by atoms with E-state index < -0.39 is 0 Å². The molecule has 2 rings (SSSR count). The Balaban J connectivity index is 2.63. The minimum Gasteiger partial charge on any atom is -0.255 e. The molecule has 0 saturated carbocycles. The molecule has 0 atom stereocenters. The molecule has 1 aromatic heterocycles. The first kappa shape index (κ1) is 14.4. The molecule has 6 heteroatoms. The molecule has 0 aliphatic rings. The molecule has 0 unspecified atom stereocenters. The minimum absolute atomic E-state index is 0.202. The maximum atomic E-state index is 8.75. The molecular weight excluding hydrogens is 326 g/mol. The van der Waals surface area contributed by atoms with Gasteiger partial charge in [-0.1, -0.05) is 46.4 Å². The molecule has 0 amide bonds. The lowest BCUT2D eigenvalue weighted by Crippen LogP contribution is -1.92. The van der Waals surface area contributed by atoms with Crippen LogP contribution in [0.15, 0.2) is 24.4 Å². The topological polar surface area (TPSA) is 36.7 Å². The average Bonchev–Trinajstić information content (AvgIpc) is 2.37. The summed E-state index contributed by atoms with van der Waals surface area (Å²) >= 11 is 24.2. The van der Waals surface area contributed by atoms with E-state index in [1.54, 1.807) is 18.3 Å². The van der Waals surface area contributed by atoms with Gasteiger partial charge in [0.25, 0.3) is 0 Å². The lowest BCUT2D eigenvalue weighted by Gasteiger charge is -2.09. The Kier molecular flexibility index (Phi) is 4.54. The zero-order valence-electron chi connectivity index (χ0n) is 9.42. The van der Waals surface area contributed by atoms with Gasteiger partial charge in [-0.3, -0.25) is 4.98 Å². The quantitative estimate of drug-likeness (QED) is 0.688. The Hall–Kier alpha value is -0.980. The number of aromatic nitrogens is 1. The van der Waals surface area contributed by atoms with Crippen LogP contribution in [0.4, 0.5) is 0 Å². The fraction of sp³-hybridized carbons (Fsp3) is 0.0769. The lowest BCUT2D eigenvalue weighted by atomic mass is 10.1. The Bertz CT molecular complexity index is 677. The van der Waals surface area contributed by atoms with Gasteiger partial charge in [0.05, 0.1) is 38.3 Å². The van der Waals surface area contributed by atoms with E-state index >= 15 is 0 Å². The van der Waals surface area contributed by atoms with Crippen LogP contribution in [0.2, 0.25) is 20.1 Å². The van der Waals surface area contributed by atoms with Crippen molar-refractivity contribution in [1.29, 1.82) is 5.26 Å². The predicted octanol–water partition coefficient (Wildman–Crippen LogP) is 5.43. The Morgan fingerprint density at radius 3 is 2.42 bits per heavy atom. The fourth-order valence-corrected chi connectivity index (χ4v) is 2.51. The summed E-state index contributed by atoms with van der Waals surface area (Å²) in [4.78, 5) is 4.20. The van der Waals surface area contributed by atoms with Gasteiger partial charge >= 0.3 is 0 Å². The SMILES string of the molecule is N#CCc1ccnc(-c2cc(Cl)c(Cl)cc2Cl)c1Cl. The minimum atomic E-state index is 0.202. The van der Waals surface area contributed by atoms with Crippen LogP contribution in [0.25, 0.3) is 11.3 Å². The first-order chi connectivity index (χ1) is 9.04. The van der Waals surface area contributed by atoms with Crippen molar-refractivity contribution in [2.24, 2.45) is 0 Å². The fourth-order valence-electron chi connectivity index (χ4n) is 1.60. The van der Waals surface area contributed by atoms with E-state index in [9.17, 15) is 0 Å². The van der Waals surface area contributed by atoms with E-state index in [0.29, 0.717) is 36.9 Å². The first-order valence-electron chi connectivity index (χ1n) is 5.20.